The molecule has 0 bridgehead atoms. The summed E-state index contributed by atoms with van der Waals surface area (Å²) in [7, 11) is 2.75. The Hall–Kier alpha value is -2.00. The van der Waals surface area contributed by atoms with Gasteiger partial charge in [0.15, 0.2) is 5.69 Å². The fraction of sp³-hybridized carbons (Fsp3) is 0.667. The molecule has 116 valence electrons. The maximum atomic E-state index is 12.2. The average molecular weight is 298 g/mol. The molecular weight excluding hydrogens is 280 g/mol. The lowest BCUT2D eigenvalue weighted by atomic mass is 10.3. The van der Waals surface area contributed by atoms with Gasteiger partial charge < -0.3 is 19.1 Å². The monoisotopic (exact) mass is 298 g/mol. The third-order valence-corrected chi connectivity index (χ3v) is 3.15. The summed E-state index contributed by atoms with van der Waals surface area (Å²) < 4.78 is 16.2. The third-order valence-electron chi connectivity index (χ3n) is 3.15. The smallest absolute Gasteiger partial charge is 0.360 e. The molecule has 0 spiro atoms. The SMILES string of the molecule is COCc1c(C(=O)OC)nnn1CC(=O)N1CCOCC1. The molecule has 9 nitrogen and oxygen atoms in total. The van der Waals surface area contributed by atoms with E-state index < -0.39 is 5.97 Å². The molecule has 2 rings (SSSR count). The van der Waals surface area contributed by atoms with Crippen molar-refractivity contribution >= 4 is 11.9 Å². The topological polar surface area (TPSA) is 95.8 Å². The average Bonchev–Trinajstić information content (AvgIpc) is 2.90. The summed E-state index contributed by atoms with van der Waals surface area (Å²) in [6.07, 6.45) is 0. The van der Waals surface area contributed by atoms with Gasteiger partial charge in [0.25, 0.3) is 0 Å². The van der Waals surface area contributed by atoms with Crippen molar-refractivity contribution in [2.75, 3.05) is 40.5 Å². The minimum atomic E-state index is -0.605. The molecule has 0 unspecified atom stereocenters. The van der Waals surface area contributed by atoms with Gasteiger partial charge in [0.05, 0.1) is 32.6 Å². The minimum absolute atomic E-state index is 0.00267. The number of hydrogen-bond donors (Lipinski definition) is 0. The van der Waals surface area contributed by atoms with E-state index in [1.54, 1.807) is 4.90 Å². The molecule has 1 aromatic rings. The predicted molar refractivity (Wildman–Crippen MR) is 69.5 cm³/mol. The van der Waals surface area contributed by atoms with Crippen LogP contribution in [-0.4, -0.2) is 72.3 Å². The number of methoxy groups -OCH3 is 2. The molecule has 1 aliphatic rings. The van der Waals surface area contributed by atoms with Crippen LogP contribution < -0.4 is 0 Å². The van der Waals surface area contributed by atoms with E-state index in [-0.39, 0.29) is 24.8 Å². The van der Waals surface area contributed by atoms with Crippen molar-refractivity contribution in [3.8, 4) is 0 Å². The van der Waals surface area contributed by atoms with Gasteiger partial charge in [-0.15, -0.1) is 5.10 Å². The van der Waals surface area contributed by atoms with Crippen LogP contribution >= 0.6 is 0 Å². The summed E-state index contributed by atoms with van der Waals surface area (Å²) in [6.45, 7) is 2.29. The quantitative estimate of drug-likeness (QED) is 0.648. The summed E-state index contributed by atoms with van der Waals surface area (Å²) in [5.74, 6) is -0.705. The zero-order chi connectivity index (χ0) is 15.2. The Morgan fingerprint density at radius 2 is 2.00 bits per heavy atom. The highest BCUT2D eigenvalue weighted by Crippen LogP contribution is 2.09. The largest absolute Gasteiger partial charge is 0.464 e. The summed E-state index contributed by atoms with van der Waals surface area (Å²) >= 11 is 0. The van der Waals surface area contributed by atoms with E-state index >= 15 is 0 Å². The second-order valence-corrected chi connectivity index (χ2v) is 4.46. The number of morpholine rings is 1. The second kappa shape index (κ2) is 7.14. The number of esters is 1. The molecule has 1 aromatic heterocycles. The van der Waals surface area contributed by atoms with Crippen molar-refractivity contribution in [2.24, 2.45) is 0 Å². The van der Waals surface area contributed by atoms with Crippen molar-refractivity contribution in [1.82, 2.24) is 19.9 Å². The van der Waals surface area contributed by atoms with Crippen LogP contribution in [0, 0.1) is 0 Å². The highest BCUT2D eigenvalue weighted by Gasteiger charge is 2.23. The van der Waals surface area contributed by atoms with Gasteiger partial charge in [0, 0.05) is 20.2 Å². The van der Waals surface area contributed by atoms with E-state index in [1.807, 2.05) is 0 Å². The first-order valence-electron chi connectivity index (χ1n) is 6.52. The number of nitrogens with zero attached hydrogens (tertiary/aromatic N) is 4. The van der Waals surface area contributed by atoms with Gasteiger partial charge >= 0.3 is 5.97 Å². The van der Waals surface area contributed by atoms with Crippen LogP contribution in [0.15, 0.2) is 0 Å². The molecule has 2 heterocycles. The van der Waals surface area contributed by atoms with E-state index in [0.29, 0.717) is 32.0 Å². The highest BCUT2D eigenvalue weighted by molar-refractivity contribution is 5.88. The van der Waals surface area contributed by atoms with Crippen LogP contribution in [0.4, 0.5) is 0 Å². The Morgan fingerprint density at radius 1 is 1.29 bits per heavy atom. The Bertz CT molecular complexity index is 510. The fourth-order valence-corrected chi connectivity index (χ4v) is 2.04. The molecule has 1 amide bonds. The van der Waals surface area contributed by atoms with E-state index in [2.05, 4.69) is 15.0 Å². The van der Waals surface area contributed by atoms with Crippen molar-refractivity contribution in [2.45, 2.75) is 13.2 Å². The standard InChI is InChI=1S/C12H18N4O5/c1-19-8-9-11(12(18)20-2)13-14-16(9)7-10(17)15-3-5-21-6-4-15/h3-8H2,1-2H3. The highest BCUT2D eigenvalue weighted by atomic mass is 16.5. The van der Waals surface area contributed by atoms with Gasteiger partial charge in [0.2, 0.25) is 5.91 Å². The van der Waals surface area contributed by atoms with Crippen LogP contribution in [-0.2, 0) is 32.2 Å². The summed E-state index contributed by atoms with van der Waals surface area (Å²) in [5, 5.41) is 7.61. The molecule has 9 heteroatoms. The van der Waals surface area contributed by atoms with Crippen molar-refractivity contribution in [3.05, 3.63) is 11.4 Å². The summed E-state index contributed by atoms with van der Waals surface area (Å²) in [6, 6.07) is 0. The molecule has 21 heavy (non-hydrogen) atoms. The van der Waals surface area contributed by atoms with Crippen LogP contribution in [0.3, 0.4) is 0 Å². The molecule has 0 aromatic carbocycles. The van der Waals surface area contributed by atoms with E-state index in [0.717, 1.165) is 0 Å². The molecular formula is C12H18N4O5. The van der Waals surface area contributed by atoms with Gasteiger partial charge in [0.1, 0.15) is 6.54 Å². The summed E-state index contributed by atoms with van der Waals surface area (Å²) in [5.41, 5.74) is 0.486. The number of rotatable bonds is 5. The van der Waals surface area contributed by atoms with Crippen molar-refractivity contribution in [1.29, 1.82) is 0 Å². The van der Waals surface area contributed by atoms with Crippen molar-refractivity contribution in [3.63, 3.8) is 0 Å². The predicted octanol–water partition coefficient (Wildman–Crippen LogP) is -0.930. The summed E-state index contributed by atoms with van der Waals surface area (Å²) in [4.78, 5) is 25.5. The first-order valence-corrected chi connectivity index (χ1v) is 6.52. The number of ether oxygens (including phenoxy) is 3. The Labute approximate surface area is 121 Å². The molecule has 0 N–H and O–H groups in total. The minimum Gasteiger partial charge on any atom is -0.464 e. The van der Waals surface area contributed by atoms with Gasteiger partial charge in [-0.25, -0.2) is 9.48 Å². The number of aromatic nitrogens is 3. The molecule has 0 aliphatic carbocycles. The van der Waals surface area contributed by atoms with Gasteiger partial charge in [-0.2, -0.15) is 0 Å². The molecule has 1 saturated heterocycles. The fourth-order valence-electron chi connectivity index (χ4n) is 2.04. The normalized spacial score (nSPS) is 15.0. The molecule has 1 fully saturated rings. The van der Waals surface area contributed by atoms with Crippen LogP contribution in [0.25, 0.3) is 0 Å². The zero-order valence-corrected chi connectivity index (χ0v) is 12.1. The Morgan fingerprint density at radius 3 is 2.62 bits per heavy atom. The maximum absolute atomic E-state index is 12.2. The molecule has 1 aliphatic heterocycles. The number of carbonyl (C=O) groups excluding carboxylic acids is 2. The van der Waals surface area contributed by atoms with E-state index in [1.165, 1.54) is 18.9 Å². The molecule has 0 radical (unpaired) electrons. The second-order valence-electron chi connectivity index (χ2n) is 4.46. The maximum Gasteiger partial charge on any atom is 0.360 e. The first-order chi connectivity index (χ1) is 10.2. The number of amides is 1. The lowest BCUT2D eigenvalue weighted by Gasteiger charge is -2.26. The van der Waals surface area contributed by atoms with Gasteiger partial charge in [-0.05, 0) is 0 Å². The van der Waals surface area contributed by atoms with E-state index in [4.69, 9.17) is 9.47 Å². The number of carbonyl (C=O) groups is 2. The van der Waals surface area contributed by atoms with E-state index in [9.17, 15) is 9.59 Å². The molecule has 0 saturated carbocycles. The lowest BCUT2D eigenvalue weighted by Crippen LogP contribution is -2.42. The lowest BCUT2D eigenvalue weighted by molar-refractivity contribution is -0.136. The van der Waals surface area contributed by atoms with Crippen LogP contribution in [0.2, 0.25) is 0 Å². The first kappa shape index (κ1) is 15.4. The number of hydrogen-bond acceptors (Lipinski definition) is 7. The van der Waals surface area contributed by atoms with Gasteiger partial charge in [-0.3, -0.25) is 4.79 Å². The Balaban J connectivity index is 2.13. The third kappa shape index (κ3) is 3.56. The van der Waals surface area contributed by atoms with Crippen LogP contribution in [0.1, 0.15) is 16.2 Å². The van der Waals surface area contributed by atoms with Crippen molar-refractivity contribution < 1.29 is 23.8 Å². The molecule has 0 atom stereocenters. The van der Waals surface area contributed by atoms with Crippen LogP contribution in [0.5, 0.6) is 0 Å². The Kier molecular flexibility index (Phi) is 5.23. The van der Waals surface area contributed by atoms with Gasteiger partial charge in [-0.1, -0.05) is 5.21 Å². The zero-order valence-electron chi connectivity index (χ0n) is 12.1.